The number of piperidine rings is 1. The molecule has 1 heterocycles. The number of benzene rings is 2. The van der Waals surface area contributed by atoms with E-state index >= 15 is 0 Å². The third-order valence-corrected chi connectivity index (χ3v) is 4.99. The van der Waals surface area contributed by atoms with Gasteiger partial charge in [0.05, 0.1) is 6.04 Å². The molecule has 2 aromatic carbocycles. The Hall–Kier alpha value is -2.75. The molecule has 0 spiro atoms. The van der Waals surface area contributed by atoms with Crippen LogP contribution < -0.4 is 9.47 Å². The zero-order chi connectivity index (χ0) is 22.6. The van der Waals surface area contributed by atoms with Gasteiger partial charge in [-0.05, 0) is 43.0 Å². The molecular weight excluding hydrogens is 428 g/mol. The molecular formula is C21H19F6NO3. The quantitative estimate of drug-likeness (QED) is 0.416. The number of alkyl halides is 6. The molecule has 2 aromatic rings. The number of carbonyl (C=O) groups is 1. The first-order chi connectivity index (χ1) is 14.6. The second kappa shape index (κ2) is 9.17. The van der Waals surface area contributed by atoms with E-state index in [-0.39, 0.29) is 18.0 Å². The number of rotatable bonds is 6. The Morgan fingerprint density at radius 2 is 1.55 bits per heavy atom. The lowest BCUT2D eigenvalue weighted by atomic mass is 9.90. The van der Waals surface area contributed by atoms with Crippen LogP contribution in [0.4, 0.5) is 26.3 Å². The van der Waals surface area contributed by atoms with Crippen molar-refractivity contribution in [2.45, 2.75) is 50.6 Å². The van der Waals surface area contributed by atoms with Crippen molar-refractivity contribution in [1.29, 1.82) is 0 Å². The van der Waals surface area contributed by atoms with E-state index in [1.807, 2.05) is 0 Å². The minimum atomic E-state index is -4.87. The number of nitrogens with zero attached hydrogens (tertiary/aromatic N) is 1. The number of halogens is 6. The van der Waals surface area contributed by atoms with Crippen LogP contribution in [0.25, 0.3) is 0 Å². The summed E-state index contributed by atoms with van der Waals surface area (Å²) in [5.74, 6) is -0.729. The highest BCUT2D eigenvalue weighted by Gasteiger charge is 2.37. The van der Waals surface area contributed by atoms with Gasteiger partial charge in [0, 0.05) is 18.2 Å². The van der Waals surface area contributed by atoms with Crippen molar-refractivity contribution in [3.05, 3.63) is 59.7 Å². The van der Waals surface area contributed by atoms with E-state index in [0.29, 0.717) is 30.4 Å². The number of ether oxygens (including phenoxy) is 2. The van der Waals surface area contributed by atoms with Gasteiger partial charge in [-0.2, -0.15) is 0 Å². The summed E-state index contributed by atoms with van der Waals surface area (Å²) in [5, 5.41) is 0. The highest BCUT2D eigenvalue weighted by atomic mass is 19.4. The highest BCUT2D eigenvalue weighted by Crippen LogP contribution is 2.40. The molecule has 168 valence electrons. The average Bonchev–Trinajstić information content (AvgIpc) is 2.68. The summed E-state index contributed by atoms with van der Waals surface area (Å²) >= 11 is 0. The Labute approximate surface area is 174 Å². The van der Waals surface area contributed by atoms with E-state index in [1.165, 1.54) is 30.3 Å². The van der Waals surface area contributed by atoms with Crippen LogP contribution >= 0.6 is 0 Å². The van der Waals surface area contributed by atoms with Gasteiger partial charge in [-0.25, -0.2) is 0 Å². The molecule has 0 amide bonds. The number of hydrogen-bond donors (Lipinski definition) is 0. The summed E-state index contributed by atoms with van der Waals surface area (Å²) < 4.78 is 83.6. The lowest BCUT2D eigenvalue weighted by Crippen LogP contribution is -2.42. The molecule has 0 bridgehead atoms. The summed E-state index contributed by atoms with van der Waals surface area (Å²) in [6, 6.07) is 9.81. The van der Waals surface area contributed by atoms with Gasteiger partial charge >= 0.3 is 12.7 Å². The molecule has 0 aromatic heterocycles. The molecule has 1 saturated heterocycles. The smallest absolute Gasteiger partial charge is 0.406 e. The van der Waals surface area contributed by atoms with Crippen LogP contribution in [0.3, 0.4) is 0 Å². The minimum Gasteiger partial charge on any atom is -0.406 e. The number of carbonyl (C=O) groups excluding carboxylic acids is 1. The van der Waals surface area contributed by atoms with Crippen LogP contribution in [0.15, 0.2) is 48.5 Å². The second-order valence-corrected chi connectivity index (χ2v) is 7.10. The molecule has 0 radical (unpaired) electrons. The minimum absolute atomic E-state index is 0.153. The molecule has 0 aliphatic carbocycles. The third kappa shape index (κ3) is 6.36. The largest absolute Gasteiger partial charge is 0.573 e. The van der Waals surface area contributed by atoms with Crippen molar-refractivity contribution in [2.75, 3.05) is 0 Å². The van der Waals surface area contributed by atoms with Crippen LogP contribution in [0.5, 0.6) is 11.5 Å². The zero-order valence-electron chi connectivity index (χ0n) is 16.1. The fourth-order valence-electron chi connectivity index (χ4n) is 3.77. The molecule has 2 atom stereocenters. The Morgan fingerprint density at radius 1 is 0.903 bits per heavy atom. The van der Waals surface area contributed by atoms with E-state index < -0.39 is 24.8 Å². The van der Waals surface area contributed by atoms with Gasteiger partial charge in [-0.3, -0.25) is 4.90 Å². The fraction of sp³-hybridized carbons (Fsp3) is 0.381. The zero-order valence-corrected chi connectivity index (χ0v) is 16.1. The SMILES string of the molecule is O=CC1CCCC(c2ccccc2OC(F)(F)F)N1Cc1ccc(OC(F)(F)F)cc1. The standard InChI is InChI=1S/C21H19F6NO3/c22-20(23,24)30-16-10-8-14(9-11-16)12-28-15(13-29)4-3-6-18(28)17-5-1-2-7-19(17)31-21(25,26)27/h1-2,5,7-11,13,15,18H,3-4,6,12H2. The van der Waals surface area contributed by atoms with Gasteiger partial charge in [0.1, 0.15) is 17.8 Å². The van der Waals surface area contributed by atoms with Crippen molar-refractivity contribution >= 4 is 6.29 Å². The monoisotopic (exact) mass is 447 g/mol. The first-order valence-corrected chi connectivity index (χ1v) is 9.46. The number of para-hydroxylation sites is 1. The second-order valence-electron chi connectivity index (χ2n) is 7.10. The van der Waals surface area contributed by atoms with Crippen molar-refractivity contribution in [1.82, 2.24) is 4.90 Å². The maximum absolute atomic E-state index is 12.8. The summed E-state index contributed by atoms with van der Waals surface area (Å²) in [5.41, 5.74) is 0.880. The summed E-state index contributed by atoms with van der Waals surface area (Å²) in [4.78, 5) is 13.4. The first kappa shape index (κ1) is 22.9. The van der Waals surface area contributed by atoms with Crippen molar-refractivity contribution in [3.63, 3.8) is 0 Å². The molecule has 3 rings (SSSR count). The maximum Gasteiger partial charge on any atom is 0.573 e. The number of hydrogen-bond acceptors (Lipinski definition) is 4. The van der Waals surface area contributed by atoms with E-state index in [4.69, 9.17) is 0 Å². The Morgan fingerprint density at radius 3 is 2.16 bits per heavy atom. The van der Waals surface area contributed by atoms with Gasteiger partial charge in [-0.1, -0.05) is 30.3 Å². The van der Waals surface area contributed by atoms with Crippen molar-refractivity contribution in [3.8, 4) is 11.5 Å². The van der Waals surface area contributed by atoms with Crippen molar-refractivity contribution in [2.24, 2.45) is 0 Å². The summed E-state index contributed by atoms with van der Waals surface area (Å²) in [6.07, 6.45) is -7.29. The van der Waals surface area contributed by atoms with Crippen LogP contribution in [0.2, 0.25) is 0 Å². The average molecular weight is 447 g/mol. The van der Waals surface area contributed by atoms with E-state index in [2.05, 4.69) is 9.47 Å². The maximum atomic E-state index is 12.8. The molecule has 0 N–H and O–H groups in total. The van der Waals surface area contributed by atoms with E-state index in [1.54, 1.807) is 11.0 Å². The topological polar surface area (TPSA) is 38.8 Å². The molecule has 0 saturated carbocycles. The lowest BCUT2D eigenvalue weighted by molar-refractivity contribution is -0.275. The number of likely N-dealkylation sites (tertiary alicyclic amines) is 1. The summed E-state index contributed by atoms with van der Waals surface area (Å²) in [7, 11) is 0. The van der Waals surface area contributed by atoms with Gasteiger partial charge in [0.25, 0.3) is 0 Å². The normalized spacial score (nSPS) is 20.3. The third-order valence-electron chi connectivity index (χ3n) is 4.99. The predicted octanol–water partition coefficient (Wildman–Crippen LogP) is 5.78. The molecule has 10 heteroatoms. The van der Waals surface area contributed by atoms with Crippen molar-refractivity contribution < 1.29 is 40.6 Å². The van der Waals surface area contributed by atoms with Crippen LogP contribution in [-0.2, 0) is 11.3 Å². The molecule has 1 fully saturated rings. The predicted molar refractivity (Wildman–Crippen MR) is 98.2 cm³/mol. The lowest BCUT2D eigenvalue weighted by Gasteiger charge is -2.40. The Balaban J connectivity index is 1.87. The highest BCUT2D eigenvalue weighted by molar-refractivity contribution is 5.58. The van der Waals surface area contributed by atoms with Gasteiger partial charge in [0.15, 0.2) is 0 Å². The molecule has 31 heavy (non-hydrogen) atoms. The molecule has 4 nitrogen and oxygen atoms in total. The van der Waals surface area contributed by atoms with E-state index in [9.17, 15) is 31.1 Å². The van der Waals surface area contributed by atoms with Crippen LogP contribution in [0, 0.1) is 0 Å². The van der Waals surface area contributed by atoms with Crippen LogP contribution in [0.1, 0.15) is 36.4 Å². The molecule has 1 aliphatic rings. The Kier molecular flexibility index (Phi) is 6.78. The van der Waals surface area contributed by atoms with Gasteiger partial charge in [0.2, 0.25) is 0 Å². The molecule has 2 unspecified atom stereocenters. The van der Waals surface area contributed by atoms with Gasteiger partial charge in [-0.15, -0.1) is 26.3 Å². The van der Waals surface area contributed by atoms with E-state index in [0.717, 1.165) is 18.4 Å². The fourth-order valence-corrected chi connectivity index (χ4v) is 3.77. The molecule has 1 aliphatic heterocycles. The van der Waals surface area contributed by atoms with Crippen LogP contribution in [-0.4, -0.2) is 30.0 Å². The summed E-state index contributed by atoms with van der Waals surface area (Å²) in [6.45, 7) is 0.153. The first-order valence-electron chi connectivity index (χ1n) is 9.46. The Bertz CT molecular complexity index is 882. The number of aldehydes is 1. The van der Waals surface area contributed by atoms with Gasteiger partial charge < -0.3 is 14.3 Å².